The highest BCUT2D eigenvalue weighted by molar-refractivity contribution is 9.11. The quantitative estimate of drug-likeness (QED) is 0.742. The number of hydrogen-bond acceptors (Lipinski definition) is 2. The Kier molecular flexibility index (Phi) is 4.53. The molecule has 0 saturated heterocycles. The van der Waals surface area contributed by atoms with Gasteiger partial charge in [-0.25, -0.2) is 0 Å². The van der Waals surface area contributed by atoms with Crippen molar-refractivity contribution in [2.24, 2.45) is 0 Å². The third-order valence-electron chi connectivity index (χ3n) is 2.92. The lowest BCUT2D eigenvalue weighted by atomic mass is 10.1. The SMILES string of the molecule is Cc1cc(Br)c(NC(C)c2cccc(O)c2)c(Br)c1. The first-order chi connectivity index (χ1) is 8.97. The third kappa shape index (κ3) is 3.51. The number of hydrogen-bond donors (Lipinski definition) is 2. The van der Waals surface area contributed by atoms with Crippen molar-refractivity contribution in [3.8, 4) is 5.75 Å². The van der Waals surface area contributed by atoms with E-state index in [1.807, 2.05) is 12.1 Å². The molecule has 2 rings (SSSR count). The van der Waals surface area contributed by atoms with Gasteiger partial charge in [-0.3, -0.25) is 0 Å². The van der Waals surface area contributed by atoms with E-state index in [4.69, 9.17) is 0 Å². The molecule has 0 fully saturated rings. The van der Waals surface area contributed by atoms with Crippen LogP contribution in [0.3, 0.4) is 0 Å². The fraction of sp³-hybridized carbons (Fsp3) is 0.200. The van der Waals surface area contributed by atoms with E-state index in [-0.39, 0.29) is 11.8 Å². The van der Waals surface area contributed by atoms with Gasteiger partial charge >= 0.3 is 0 Å². The van der Waals surface area contributed by atoms with E-state index in [1.165, 1.54) is 5.56 Å². The zero-order chi connectivity index (χ0) is 14.0. The predicted molar refractivity (Wildman–Crippen MR) is 86.7 cm³/mol. The summed E-state index contributed by atoms with van der Waals surface area (Å²) in [5.74, 6) is 0.285. The molecule has 0 heterocycles. The van der Waals surface area contributed by atoms with Gasteiger partial charge in [-0.15, -0.1) is 0 Å². The second-order valence-corrected chi connectivity index (χ2v) is 6.27. The van der Waals surface area contributed by atoms with Gasteiger partial charge < -0.3 is 10.4 Å². The standard InChI is InChI=1S/C15H15Br2NO/c1-9-6-13(16)15(14(17)7-9)18-10(2)11-4-3-5-12(19)8-11/h3-8,10,18-19H,1-2H3. The minimum Gasteiger partial charge on any atom is -0.508 e. The summed E-state index contributed by atoms with van der Waals surface area (Å²) in [5, 5.41) is 13.0. The van der Waals surface area contributed by atoms with Gasteiger partial charge in [0.05, 0.1) is 5.69 Å². The Balaban J connectivity index is 2.26. The molecule has 0 aromatic heterocycles. The van der Waals surface area contributed by atoms with Crippen LogP contribution in [-0.4, -0.2) is 5.11 Å². The van der Waals surface area contributed by atoms with Gasteiger partial charge in [0.1, 0.15) is 5.75 Å². The van der Waals surface area contributed by atoms with Gasteiger partial charge in [-0.2, -0.15) is 0 Å². The summed E-state index contributed by atoms with van der Waals surface area (Å²) < 4.78 is 2.04. The number of nitrogens with one attached hydrogen (secondary N) is 1. The smallest absolute Gasteiger partial charge is 0.115 e. The Morgan fingerprint density at radius 1 is 1.11 bits per heavy atom. The molecule has 0 aliphatic carbocycles. The molecule has 19 heavy (non-hydrogen) atoms. The topological polar surface area (TPSA) is 32.3 Å². The Bertz CT molecular complexity index is 575. The molecular formula is C15H15Br2NO. The first-order valence-electron chi connectivity index (χ1n) is 5.98. The Hall–Kier alpha value is -1.00. The number of benzene rings is 2. The fourth-order valence-electron chi connectivity index (χ4n) is 1.93. The van der Waals surface area contributed by atoms with Gasteiger partial charge in [0.15, 0.2) is 0 Å². The monoisotopic (exact) mass is 383 g/mol. The second kappa shape index (κ2) is 5.97. The maximum absolute atomic E-state index is 9.53. The average Bonchev–Trinajstić information content (AvgIpc) is 2.33. The van der Waals surface area contributed by atoms with Crippen molar-refractivity contribution in [3.63, 3.8) is 0 Å². The van der Waals surface area contributed by atoms with Crippen LogP contribution in [0.25, 0.3) is 0 Å². The highest BCUT2D eigenvalue weighted by Gasteiger charge is 2.11. The van der Waals surface area contributed by atoms with Crippen molar-refractivity contribution in [2.45, 2.75) is 19.9 Å². The van der Waals surface area contributed by atoms with E-state index in [2.05, 4.69) is 63.2 Å². The van der Waals surface area contributed by atoms with Gasteiger partial charge in [-0.1, -0.05) is 12.1 Å². The molecule has 0 bridgehead atoms. The Morgan fingerprint density at radius 3 is 2.32 bits per heavy atom. The predicted octanol–water partition coefficient (Wildman–Crippen LogP) is 5.40. The van der Waals surface area contributed by atoms with E-state index in [1.54, 1.807) is 12.1 Å². The molecule has 0 spiro atoms. The number of halogens is 2. The van der Waals surface area contributed by atoms with Crippen LogP contribution >= 0.6 is 31.9 Å². The summed E-state index contributed by atoms with van der Waals surface area (Å²) >= 11 is 7.14. The van der Waals surface area contributed by atoms with Crippen LogP contribution in [0.1, 0.15) is 24.1 Å². The molecule has 1 unspecified atom stereocenters. The van der Waals surface area contributed by atoms with E-state index in [0.29, 0.717) is 0 Å². The molecule has 0 aliphatic heterocycles. The fourth-order valence-corrected chi connectivity index (χ4v) is 3.58. The van der Waals surface area contributed by atoms with Crippen molar-refractivity contribution < 1.29 is 5.11 Å². The van der Waals surface area contributed by atoms with Crippen LogP contribution in [0.4, 0.5) is 5.69 Å². The molecule has 2 nitrogen and oxygen atoms in total. The van der Waals surface area contributed by atoms with Crippen molar-refractivity contribution in [1.82, 2.24) is 0 Å². The van der Waals surface area contributed by atoms with Crippen molar-refractivity contribution >= 4 is 37.5 Å². The maximum Gasteiger partial charge on any atom is 0.115 e. The van der Waals surface area contributed by atoms with Crippen LogP contribution in [0.2, 0.25) is 0 Å². The highest BCUT2D eigenvalue weighted by Crippen LogP contribution is 2.35. The molecule has 0 saturated carbocycles. The summed E-state index contributed by atoms with van der Waals surface area (Å²) in [5.41, 5.74) is 3.25. The van der Waals surface area contributed by atoms with E-state index >= 15 is 0 Å². The molecule has 100 valence electrons. The summed E-state index contributed by atoms with van der Waals surface area (Å²) in [7, 11) is 0. The lowest BCUT2D eigenvalue weighted by Crippen LogP contribution is -2.07. The minimum atomic E-state index is 0.0995. The minimum absolute atomic E-state index is 0.0995. The first kappa shape index (κ1) is 14.4. The lowest BCUT2D eigenvalue weighted by Gasteiger charge is -2.19. The zero-order valence-electron chi connectivity index (χ0n) is 10.7. The number of aryl methyl sites for hydroxylation is 1. The molecular weight excluding hydrogens is 370 g/mol. The molecule has 2 aromatic carbocycles. The summed E-state index contributed by atoms with van der Waals surface area (Å²) in [6.07, 6.45) is 0. The zero-order valence-corrected chi connectivity index (χ0v) is 13.9. The normalized spacial score (nSPS) is 12.2. The van der Waals surface area contributed by atoms with E-state index < -0.39 is 0 Å². The van der Waals surface area contributed by atoms with Crippen LogP contribution < -0.4 is 5.32 Å². The molecule has 0 aliphatic rings. The van der Waals surface area contributed by atoms with Gasteiger partial charge in [-0.05, 0) is 81.1 Å². The molecule has 4 heteroatoms. The third-order valence-corrected chi connectivity index (χ3v) is 4.17. The highest BCUT2D eigenvalue weighted by atomic mass is 79.9. The van der Waals surface area contributed by atoms with Gasteiger partial charge in [0, 0.05) is 15.0 Å². The summed E-state index contributed by atoms with van der Waals surface area (Å²) in [6.45, 7) is 4.12. The van der Waals surface area contributed by atoms with Crippen molar-refractivity contribution in [1.29, 1.82) is 0 Å². The number of phenols is 1. The molecule has 0 radical (unpaired) electrons. The van der Waals surface area contributed by atoms with Crippen LogP contribution in [0.5, 0.6) is 5.75 Å². The Labute approximate surface area is 130 Å². The lowest BCUT2D eigenvalue weighted by molar-refractivity contribution is 0.474. The van der Waals surface area contributed by atoms with Crippen LogP contribution in [-0.2, 0) is 0 Å². The number of aromatic hydroxyl groups is 1. The molecule has 2 aromatic rings. The molecule has 2 N–H and O–H groups in total. The van der Waals surface area contributed by atoms with E-state index in [9.17, 15) is 5.11 Å². The molecule has 0 amide bonds. The van der Waals surface area contributed by atoms with Crippen molar-refractivity contribution in [3.05, 3.63) is 56.5 Å². The van der Waals surface area contributed by atoms with E-state index in [0.717, 1.165) is 20.2 Å². The van der Waals surface area contributed by atoms with Crippen LogP contribution in [0, 0.1) is 6.92 Å². The van der Waals surface area contributed by atoms with Crippen molar-refractivity contribution in [2.75, 3.05) is 5.32 Å². The number of anilines is 1. The summed E-state index contributed by atoms with van der Waals surface area (Å²) in [6, 6.07) is 11.5. The second-order valence-electron chi connectivity index (χ2n) is 4.56. The number of phenolic OH excluding ortho intramolecular Hbond substituents is 1. The average molecular weight is 385 g/mol. The number of rotatable bonds is 3. The summed E-state index contributed by atoms with van der Waals surface area (Å²) in [4.78, 5) is 0. The largest absolute Gasteiger partial charge is 0.508 e. The van der Waals surface area contributed by atoms with Gasteiger partial charge in [0.2, 0.25) is 0 Å². The Morgan fingerprint density at radius 2 is 1.74 bits per heavy atom. The van der Waals surface area contributed by atoms with Gasteiger partial charge in [0.25, 0.3) is 0 Å². The molecule has 1 atom stereocenters. The first-order valence-corrected chi connectivity index (χ1v) is 7.57. The van der Waals surface area contributed by atoms with Crippen LogP contribution in [0.15, 0.2) is 45.3 Å². The maximum atomic E-state index is 9.53.